The molecular weight excluding hydrogens is 238 g/mol. The average molecular weight is 261 g/mol. The van der Waals surface area contributed by atoms with Crippen LogP contribution < -0.4 is 4.74 Å². The number of carbonyl (C=O) groups is 1. The Kier molecular flexibility index (Phi) is 4.97. The van der Waals surface area contributed by atoms with Crippen LogP contribution >= 0.6 is 0 Å². The van der Waals surface area contributed by atoms with Gasteiger partial charge in [0.2, 0.25) is 0 Å². The number of ketones is 1. The molecular formula is C16H23NO2. The summed E-state index contributed by atoms with van der Waals surface area (Å²) in [4.78, 5) is 14.3. The number of benzene rings is 1. The Hall–Kier alpha value is -1.35. The van der Waals surface area contributed by atoms with E-state index in [-0.39, 0.29) is 5.78 Å². The number of hydrogen-bond donors (Lipinski definition) is 0. The van der Waals surface area contributed by atoms with Gasteiger partial charge in [-0.05, 0) is 50.1 Å². The standard InChI is InChI=1S/C16H23NO2/c1-17(11-13-5-3-4-6-13)12-16(18)14-7-9-15(19-2)10-8-14/h7-10,13H,3-6,11-12H2,1-2H3. The van der Waals surface area contributed by atoms with Crippen LogP contribution in [-0.2, 0) is 0 Å². The van der Waals surface area contributed by atoms with E-state index in [1.807, 2.05) is 31.3 Å². The summed E-state index contributed by atoms with van der Waals surface area (Å²) in [6.07, 6.45) is 5.35. The summed E-state index contributed by atoms with van der Waals surface area (Å²) in [6.45, 7) is 1.55. The Morgan fingerprint density at radius 3 is 2.47 bits per heavy atom. The highest BCUT2D eigenvalue weighted by molar-refractivity contribution is 5.97. The second-order valence-corrected chi connectivity index (χ2v) is 5.50. The van der Waals surface area contributed by atoms with Gasteiger partial charge in [0.1, 0.15) is 5.75 Å². The van der Waals surface area contributed by atoms with Crippen LogP contribution in [0.3, 0.4) is 0 Å². The summed E-state index contributed by atoms with van der Waals surface area (Å²) in [6, 6.07) is 7.35. The zero-order chi connectivity index (χ0) is 13.7. The number of methoxy groups -OCH3 is 1. The first-order valence-corrected chi connectivity index (χ1v) is 7.05. The third kappa shape index (κ3) is 4.06. The van der Waals surface area contributed by atoms with Gasteiger partial charge in [-0.25, -0.2) is 0 Å². The van der Waals surface area contributed by atoms with Crippen molar-refractivity contribution in [3.8, 4) is 5.75 Å². The largest absolute Gasteiger partial charge is 0.497 e. The van der Waals surface area contributed by atoms with Gasteiger partial charge in [0.25, 0.3) is 0 Å². The van der Waals surface area contributed by atoms with Gasteiger partial charge in [-0.15, -0.1) is 0 Å². The molecule has 0 heterocycles. The minimum atomic E-state index is 0.183. The van der Waals surface area contributed by atoms with Crippen molar-refractivity contribution < 1.29 is 9.53 Å². The normalized spacial score (nSPS) is 15.9. The molecule has 1 aliphatic rings. The van der Waals surface area contributed by atoms with Gasteiger partial charge in [0.05, 0.1) is 13.7 Å². The predicted molar refractivity (Wildman–Crippen MR) is 76.8 cm³/mol. The van der Waals surface area contributed by atoms with E-state index < -0.39 is 0 Å². The van der Waals surface area contributed by atoms with Crippen molar-refractivity contribution in [3.63, 3.8) is 0 Å². The molecule has 19 heavy (non-hydrogen) atoms. The van der Waals surface area contributed by atoms with E-state index in [2.05, 4.69) is 4.90 Å². The lowest BCUT2D eigenvalue weighted by molar-refractivity contribution is 0.0938. The van der Waals surface area contributed by atoms with Crippen molar-refractivity contribution in [2.75, 3.05) is 27.2 Å². The Morgan fingerprint density at radius 2 is 1.89 bits per heavy atom. The molecule has 3 nitrogen and oxygen atoms in total. The summed E-state index contributed by atoms with van der Waals surface area (Å²) >= 11 is 0. The average Bonchev–Trinajstić information content (AvgIpc) is 2.91. The number of hydrogen-bond acceptors (Lipinski definition) is 3. The first kappa shape index (κ1) is 14.1. The zero-order valence-electron chi connectivity index (χ0n) is 11.9. The van der Waals surface area contributed by atoms with Crippen molar-refractivity contribution in [1.29, 1.82) is 0 Å². The Morgan fingerprint density at radius 1 is 1.26 bits per heavy atom. The molecule has 0 radical (unpaired) electrons. The highest BCUT2D eigenvalue weighted by Gasteiger charge is 2.18. The first-order chi connectivity index (χ1) is 9.19. The van der Waals surface area contributed by atoms with Gasteiger partial charge >= 0.3 is 0 Å². The van der Waals surface area contributed by atoms with E-state index in [1.165, 1.54) is 25.7 Å². The number of carbonyl (C=O) groups excluding carboxylic acids is 1. The van der Waals surface area contributed by atoms with Gasteiger partial charge in [-0.2, -0.15) is 0 Å². The topological polar surface area (TPSA) is 29.5 Å². The molecule has 0 saturated heterocycles. The van der Waals surface area contributed by atoms with Crippen LogP contribution in [0.25, 0.3) is 0 Å². The molecule has 0 aromatic heterocycles. The van der Waals surface area contributed by atoms with Crippen LogP contribution in [0, 0.1) is 5.92 Å². The lowest BCUT2D eigenvalue weighted by Crippen LogP contribution is -2.30. The van der Waals surface area contributed by atoms with Gasteiger partial charge in [-0.3, -0.25) is 9.69 Å². The fourth-order valence-electron chi connectivity index (χ4n) is 2.81. The summed E-state index contributed by atoms with van der Waals surface area (Å²) < 4.78 is 5.10. The summed E-state index contributed by atoms with van der Waals surface area (Å²) in [5, 5.41) is 0. The molecule has 0 amide bonds. The molecule has 1 aromatic carbocycles. The first-order valence-electron chi connectivity index (χ1n) is 7.05. The maximum Gasteiger partial charge on any atom is 0.176 e. The molecule has 0 atom stereocenters. The molecule has 1 aliphatic carbocycles. The van der Waals surface area contributed by atoms with Gasteiger partial charge < -0.3 is 4.74 Å². The van der Waals surface area contributed by atoms with Crippen LogP contribution in [0.4, 0.5) is 0 Å². The third-order valence-electron chi connectivity index (χ3n) is 3.87. The number of nitrogens with zero attached hydrogens (tertiary/aromatic N) is 1. The molecule has 1 aromatic rings. The van der Waals surface area contributed by atoms with Crippen LogP contribution in [0.5, 0.6) is 5.75 Å². The van der Waals surface area contributed by atoms with E-state index in [0.717, 1.165) is 23.8 Å². The lowest BCUT2D eigenvalue weighted by Gasteiger charge is -2.19. The SMILES string of the molecule is COc1ccc(C(=O)CN(C)CC2CCCC2)cc1. The molecule has 104 valence electrons. The van der Waals surface area contributed by atoms with Crippen molar-refractivity contribution in [3.05, 3.63) is 29.8 Å². The zero-order valence-corrected chi connectivity index (χ0v) is 11.9. The number of rotatable bonds is 6. The third-order valence-corrected chi connectivity index (χ3v) is 3.87. The molecule has 0 spiro atoms. The molecule has 1 saturated carbocycles. The molecule has 3 heteroatoms. The number of likely N-dealkylation sites (N-methyl/N-ethyl adjacent to an activating group) is 1. The van der Waals surface area contributed by atoms with Crippen molar-refractivity contribution >= 4 is 5.78 Å². The van der Waals surface area contributed by atoms with Crippen LogP contribution in [-0.4, -0.2) is 37.9 Å². The van der Waals surface area contributed by atoms with Crippen molar-refractivity contribution in [2.24, 2.45) is 5.92 Å². The fourth-order valence-corrected chi connectivity index (χ4v) is 2.81. The summed E-state index contributed by atoms with van der Waals surface area (Å²) in [5.74, 6) is 1.76. The smallest absolute Gasteiger partial charge is 0.176 e. The number of Topliss-reactive ketones (excluding diaryl/α,β-unsaturated/α-hetero) is 1. The van der Waals surface area contributed by atoms with Crippen molar-refractivity contribution in [2.45, 2.75) is 25.7 Å². The van der Waals surface area contributed by atoms with Crippen LogP contribution in [0.1, 0.15) is 36.0 Å². The molecule has 0 bridgehead atoms. The molecule has 0 aliphatic heterocycles. The second-order valence-electron chi connectivity index (χ2n) is 5.50. The monoisotopic (exact) mass is 261 g/mol. The quantitative estimate of drug-likeness (QED) is 0.737. The van der Waals surface area contributed by atoms with E-state index in [4.69, 9.17) is 4.74 Å². The Balaban J connectivity index is 1.84. The Bertz CT molecular complexity index is 407. The van der Waals surface area contributed by atoms with Crippen molar-refractivity contribution in [1.82, 2.24) is 4.90 Å². The van der Waals surface area contributed by atoms with Crippen LogP contribution in [0.15, 0.2) is 24.3 Å². The lowest BCUT2D eigenvalue weighted by atomic mass is 10.1. The van der Waals surface area contributed by atoms with Gasteiger partial charge in [-0.1, -0.05) is 12.8 Å². The molecule has 2 rings (SSSR count). The fraction of sp³-hybridized carbons (Fsp3) is 0.562. The van der Waals surface area contributed by atoms with Gasteiger partial charge in [0.15, 0.2) is 5.78 Å². The summed E-state index contributed by atoms with van der Waals surface area (Å²) in [5.41, 5.74) is 0.763. The van der Waals surface area contributed by atoms with Crippen LogP contribution in [0.2, 0.25) is 0 Å². The molecule has 0 N–H and O–H groups in total. The summed E-state index contributed by atoms with van der Waals surface area (Å²) in [7, 11) is 3.67. The van der Waals surface area contributed by atoms with E-state index in [1.54, 1.807) is 7.11 Å². The van der Waals surface area contributed by atoms with E-state index >= 15 is 0 Å². The van der Waals surface area contributed by atoms with Gasteiger partial charge in [0, 0.05) is 12.1 Å². The second kappa shape index (κ2) is 6.71. The Labute approximate surface area is 115 Å². The molecule has 0 unspecified atom stereocenters. The predicted octanol–water partition coefficient (Wildman–Crippen LogP) is 3.00. The molecule has 1 fully saturated rings. The minimum Gasteiger partial charge on any atom is -0.497 e. The minimum absolute atomic E-state index is 0.183. The maximum atomic E-state index is 12.1. The van der Waals surface area contributed by atoms with E-state index in [9.17, 15) is 4.79 Å². The highest BCUT2D eigenvalue weighted by Crippen LogP contribution is 2.25. The van der Waals surface area contributed by atoms with E-state index in [0.29, 0.717) is 6.54 Å². The maximum absolute atomic E-state index is 12.1. The highest BCUT2D eigenvalue weighted by atomic mass is 16.5. The number of ether oxygens (including phenoxy) is 1.